The summed E-state index contributed by atoms with van der Waals surface area (Å²) in [5, 5.41) is 4.44. The molecular formula is C22H17NO3S. The number of carbonyl (C=O) groups excluding carboxylic acids is 2. The zero-order valence-electron chi connectivity index (χ0n) is 14.5. The minimum Gasteiger partial charge on any atom is -0.493 e. The van der Waals surface area contributed by atoms with Gasteiger partial charge in [-0.3, -0.25) is 9.59 Å². The van der Waals surface area contributed by atoms with E-state index < -0.39 is 0 Å². The number of rotatable bonds is 5. The van der Waals surface area contributed by atoms with Crippen LogP contribution < -0.4 is 10.1 Å². The Morgan fingerprint density at radius 3 is 2.48 bits per heavy atom. The molecule has 0 saturated carbocycles. The average molecular weight is 375 g/mol. The maximum atomic E-state index is 11.6. The van der Waals surface area contributed by atoms with Crippen LogP contribution in [0, 0.1) is 0 Å². The predicted molar refractivity (Wildman–Crippen MR) is 109 cm³/mol. The van der Waals surface area contributed by atoms with Crippen molar-refractivity contribution in [2.75, 3.05) is 6.61 Å². The number of benzene rings is 3. The van der Waals surface area contributed by atoms with Crippen molar-refractivity contribution in [2.24, 2.45) is 0 Å². The number of fused-ring (bicyclic) bond motifs is 1. The molecule has 3 aromatic rings. The molecule has 4 rings (SSSR count). The molecule has 3 aromatic carbocycles. The molecule has 134 valence electrons. The first-order valence-corrected chi connectivity index (χ1v) is 9.45. The lowest BCUT2D eigenvalue weighted by Gasteiger charge is -2.09. The average Bonchev–Trinajstić information content (AvgIpc) is 3.00. The highest BCUT2D eigenvalue weighted by Gasteiger charge is 2.25. The van der Waals surface area contributed by atoms with Gasteiger partial charge in [0.1, 0.15) is 5.75 Å². The lowest BCUT2D eigenvalue weighted by Crippen LogP contribution is -2.10. The van der Waals surface area contributed by atoms with E-state index in [0.29, 0.717) is 24.1 Å². The van der Waals surface area contributed by atoms with E-state index in [0.717, 1.165) is 17.7 Å². The van der Waals surface area contributed by atoms with Gasteiger partial charge in [0.15, 0.2) is 0 Å². The monoisotopic (exact) mass is 375 g/mol. The number of hydrogen-bond acceptors (Lipinski definition) is 4. The van der Waals surface area contributed by atoms with Gasteiger partial charge in [0.05, 0.1) is 12.3 Å². The highest BCUT2D eigenvalue weighted by molar-refractivity contribution is 8.27. The van der Waals surface area contributed by atoms with Gasteiger partial charge in [0.25, 0.3) is 5.24 Å². The summed E-state index contributed by atoms with van der Waals surface area (Å²) in [4.78, 5) is 22.8. The first-order chi connectivity index (χ1) is 13.2. The summed E-state index contributed by atoms with van der Waals surface area (Å²) in [6.45, 7) is 0.583. The van der Waals surface area contributed by atoms with Crippen molar-refractivity contribution in [3.63, 3.8) is 0 Å². The summed E-state index contributed by atoms with van der Waals surface area (Å²) in [6.07, 6.45) is 2.49. The fourth-order valence-electron chi connectivity index (χ4n) is 3.04. The van der Waals surface area contributed by atoms with Crippen LogP contribution in [0.25, 0.3) is 16.8 Å². The van der Waals surface area contributed by atoms with Crippen molar-refractivity contribution in [2.45, 2.75) is 6.42 Å². The van der Waals surface area contributed by atoms with Gasteiger partial charge in [-0.1, -0.05) is 54.6 Å². The summed E-state index contributed by atoms with van der Waals surface area (Å²) in [5.41, 5.74) is 2.42. The fourth-order valence-corrected chi connectivity index (χ4v) is 3.59. The molecule has 5 heteroatoms. The van der Waals surface area contributed by atoms with Crippen LogP contribution in [0.4, 0.5) is 4.79 Å². The van der Waals surface area contributed by atoms with E-state index in [9.17, 15) is 9.59 Å². The fraction of sp³-hybridized carbons (Fsp3) is 0.0909. The molecule has 1 saturated heterocycles. The third-order valence-electron chi connectivity index (χ3n) is 4.35. The highest BCUT2D eigenvalue weighted by Crippen LogP contribution is 2.22. The normalized spacial score (nSPS) is 15.3. The van der Waals surface area contributed by atoms with Gasteiger partial charge in [0.2, 0.25) is 5.12 Å². The van der Waals surface area contributed by atoms with Crippen molar-refractivity contribution in [3.05, 3.63) is 83.6 Å². The molecule has 1 fully saturated rings. The number of ether oxygens (including phenoxy) is 1. The summed E-state index contributed by atoms with van der Waals surface area (Å²) in [6, 6.07) is 22.1. The SMILES string of the molecule is O=C1NC(=Cc2ccc(OCCc3cccc4ccccc34)cc2)C(=O)S1. The Labute approximate surface area is 161 Å². The third-order valence-corrected chi connectivity index (χ3v) is 5.05. The van der Waals surface area contributed by atoms with Gasteiger partial charge in [-0.2, -0.15) is 0 Å². The van der Waals surface area contributed by atoms with E-state index >= 15 is 0 Å². The Balaban J connectivity index is 1.38. The van der Waals surface area contributed by atoms with Gasteiger partial charge in [0, 0.05) is 18.2 Å². The first-order valence-electron chi connectivity index (χ1n) is 8.63. The number of hydrogen-bond donors (Lipinski definition) is 1. The van der Waals surface area contributed by atoms with E-state index in [-0.39, 0.29) is 10.4 Å². The van der Waals surface area contributed by atoms with Gasteiger partial charge < -0.3 is 10.1 Å². The molecule has 1 N–H and O–H groups in total. The number of amides is 1. The van der Waals surface area contributed by atoms with E-state index in [2.05, 4.69) is 41.7 Å². The molecule has 0 aliphatic carbocycles. The Kier molecular flexibility index (Phi) is 4.94. The molecule has 27 heavy (non-hydrogen) atoms. The van der Waals surface area contributed by atoms with Gasteiger partial charge >= 0.3 is 0 Å². The van der Waals surface area contributed by atoms with Crippen molar-refractivity contribution >= 4 is 39.0 Å². The second-order valence-corrected chi connectivity index (χ2v) is 7.11. The second kappa shape index (κ2) is 7.68. The van der Waals surface area contributed by atoms with E-state index in [1.807, 2.05) is 30.3 Å². The maximum absolute atomic E-state index is 11.6. The van der Waals surface area contributed by atoms with Gasteiger partial charge in [-0.25, -0.2) is 0 Å². The predicted octanol–water partition coefficient (Wildman–Crippen LogP) is 4.79. The van der Waals surface area contributed by atoms with E-state index in [1.54, 1.807) is 6.08 Å². The molecule has 0 unspecified atom stereocenters. The van der Waals surface area contributed by atoms with Crippen LogP contribution in [0.15, 0.2) is 72.4 Å². The standard InChI is InChI=1S/C22H17NO3S/c24-21-20(23-22(25)27-21)14-15-8-10-18(11-9-15)26-13-12-17-6-3-5-16-4-1-2-7-19(16)17/h1-11,14H,12-13H2,(H,23,25). The Bertz CT molecular complexity index is 1040. The molecule has 0 bridgehead atoms. The first kappa shape index (κ1) is 17.4. The lowest BCUT2D eigenvalue weighted by molar-refractivity contribution is -0.107. The summed E-state index contributed by atoms with van der Waals surface area (Å²) >= 11 is 0.679. The Morgan fingerprint density at radius 1 is 0.926 bits per heavy atom. The van der Waals surface area contributed by atoms with Gasteiger partial charge in [-0.15, -0.1) is 0 Å². The summed E-state index contributed by atoms with van der Waals surface area (Å²) in [5.74, 6) is 0.772. The smallest absolute Gasteiger partial charge is 0.291 e. The third kappa shape index (κ3) is 4.04. The molecular weight excluding hydrogens is 358 g/mol. The van der Waals surface area contributed by atoms with Crippen molar-refractivity contribution in [1.82, 2.24) is 5.32 Å². The highest BCUT2D eigenvalue weighted by atomic mass is 32.2. The molecule has 1 heterocycles. The minimum atomic E-state index is -0.334. The van der Waals surface area contributed by atoms with E-state index in [4.69, 9.17) is 4.74 Å². The molecule has 0 radical (unpaired) electrons. The minimum absolute atomic E-state index is 0.254. The molecule has 1 aliphatic rings. The van der Waals surface area contributed by atoms with E-state index in [1.165, 1.54) is 16.3 Å². The van der Waals surface area contributed by atoms with Crippen LogP contribution in [0.5, 0.6) is 5.75 Å². The van der Waals surface area contributed by atoms with Crippen molar-refractivity contribution in [1.29, 1.82) is 0 Å². The van der Waals surface area contributed by atoms with Crippen LogP contribution in [-0.4, -0.2) is 17.0 Å². The van der Waals surface area contributed by atoms with Gasteiger partial charge in [-0.05, 0) is 40.1 Å². The summed E-state index contributed by atoms with van der Waals surface area (Å²) < 4.78 is 5.86. The Morgan fingerprint density at radius 2 is 1.70 bits per heavy atom. The summed E-state index contributed by atoms with van der Waals surface area (Å²) in [7, 11) is 0. The molecule has 0 aromatic heterocycles. The molecule has 0 spiro atoms. The lowest BCUT2D eigenvalue weighted by atomic mass is 10.0. The van der Waals surface area contributed by atoms with Crippen LogP contribution in [0.3, 0.4) is 0 Å². The zero-order valence-corrected chi connectivity index (χ0v) is 15.3. The topological polar surface area (TPSA) is 55.4 Å². The molecule has 1 amide bonds. The Hall–Kier alpha value is -3.05. The van der Waals surface area contributed by atoms with Crippen LogP contribution in [0.2, 0.25) is 0 Å². The van der Waals surface area contributed by atoms with Crippen molar-refractivity contribution < 1.29 is 14.3 Å². The maximum Gasteiger partial charge on any atom is 0.291 e. The molecule has 0 atom stereocenters. The molecule has 1 aliphatic heterocycles. The molecule has 4 nitrogen and oxygen atoms in total. The van der Waals surface area contributed by atoms with Crippen molar-refractivity contribution in [3.8, 4) is 5.75 Å². The number of carbonyl (C=O) groups is 2. The zero-order chi connectivity index (χ0) is 18.6. The van der Waals surface area contributed by atoms with Crippen LogP contribution in [0.1, 0.15) is 11.1 Å². The van der Waals surface area contributed by atoms with Crippen LogP contribution >= 0.6 is 11.8 Å². The number of thioether (sulfide) groups is 1. The second-order valence-electron chi connectivity index (χ2n) is 6.17. The number of nitrogens with one attached hydrogen (secondary N) is 1. The quantitative estimate of drug-likeness (QED) is 0.652. The largest absolute Gasteiger partial charge is 0.493 e. The van der Waals surface area contributed by atoms with Crippen LogP contribution in [-0.2, 0) is 11.2 Å².